The van der Waals surface area contributed by atoms with Gasteiger partial charge in [-0.05, 0) is 31.0 Å². The van der Waals surface area contributed by atoms with Gasteiger partial charge >= 0.3 is 5.97 Å². The van der Waals surface area contributed by atoms with Crippen LogP contribution in [-0.2, 0) is 24.2 Å². The Kier molecular flexibility index (Phi) is 5.24. The number of carboxylic acid groups (broad SMARTS) is 1. The van der Waals surface area contributed by atoms with Crippen molar-refractivity contribution in [3.05, 3.63) is 59.2 Å². The number of carboxylic acids is 1. The van der Waals surface area contributed by atoms with Crippen LogP contribution in [0.25, 0.3) is 0 Å². The lowest BCUT2D eigenvalue weighted by Gasteiger charge is -2.17. The minimum atomic E-state index is -0.863. The van der Waals surface area contributed by atoms with Crippen molar-refractivity contribution in [2.45, 2.75) is 38.5 Å². The van der Waals surface area contributed by atoms with Gasteiger partial charge in [-0.2, -0.15) is 0 Å². The van der Waals surface area contributed by atoms with Gasteiger partial charge in [0.05, 0.1) is 7.11 Å². The van der Waals surface area contributed by atoms with Gasteiger partial charge in [0.15, 0.2) is 0 Å². The van der Waals surface area contributed by atoms with Gasteiger partial charge in [0.1, 0.15) is 23.6 Å². The number of benzene rings is 2. The highest BCUT2D eigenvalue weighted by Gasteiger charge is 2.25. The monoisotopic (exact) mass is 341 g/mol. The number of ether oxygens (including phenoxy) is 2. The van der Waals surface area contributed by atoms with Crippen LogP contribution in [-0.4, -0.2) is 30.3 Å². The number of nitrogens with one attached hydrogen (secondary N) is 1. The summed E-state index contributed by atoms with van der Waals surface area (Å²) in [5.41, 5.74) is 3.03. The molecule has 0 radical (unpaired) electrons. The van der Waals surface area contributed by atoms with Crippen LogP contribution in [0.5, 0.6) is 11.5 Å². The predicted molar refractivity (Wildman–Crippen MR) is 95.2 cm³/mol. The molecule has 0 aromatic heterocycles. The van der Waals surface area contributed by atoms with Crippen molar-refractivity contribution in [3.63, 3.8) is 0 Å². The Morgan fingerprint density at radius 1 is 1.36 bits per heavy atom. The molecule has 5 heteroatoms. The molecule has 2 atom stereocenters. The Bertz CT molecular complexity index is 745. The SMILES string of the molecule is COc1cc(CN[C@@H](Cc2ccccc2)C(=O)O)c2c(c1)C[C@H](C)O2. The van der Waals surface area contributed by atoms with Crippen molar-refractivity contribution in [2.24, 2.45) is 0 Å². The van der Waals surface area contributed by atoms with E-state index in [-0.39, 0.29) is 6.10 Å². The highest BCUT2D eigenvalue weighted by molar-refractivity contribution is 5.74. The second kappa shape index (κ2) is 7.57. The fraction of sp³-hybridized carbons (Fsp3) is 0.350. The van der Waals surface area contributed by atoms with Crippen molar-refractivity contribution >= 4 is 5.97 Å². The first-order valence-electron chi connectivity index (χ1n) is 8.43. The molecule has 1 aliphatic rings. The number of carbonyl (C=O) groups is 1. The maximum atomic E-state index is 11.6. The summed E-state index contributed by atoms with van der Waals surface area (Å²) in [5, 5.41) is 12.7. The fourth-order valence-corrected chi connectivity index (χ4v) is 3.16. The number of fused-ring (bicyclic) bond motifs is 1. The van der Waals surface area contributed by atoms with E-state index >= 15 is 0 Å². The number of rotatable bonds is 7. The lowest BCUT2D eigenvalue weighted by atomic mass is 10.0. The van der Waals surface area contributed by atoms with Crippen molar-refractivity contribution in [3.8, 4) is 11.5 Å². The molecular weight excluding hydrogens is 318 g/mol. The number of methoxy groups -OCH3 is 1. The molecule has 2 N–H and O–H groups in total. The third-order valence-electron chi connectivity index (χ3n) is 4.40. The highest BCUT2D eigenvalue weighted by Crippen LogP contribution is 2.36. The summed E-state index contributed by atoms with van der Waals surface area (Å²) >= 11 is 0. The largest absolute Gasteiger partial charge is 0.497 e. The van der Waals surface area contributed by atoms with Gasteiger partial charge in [-0.15, -0.1) is 0 Å². The third-order valence-corrected chi connectivity index (χ3v) is 4.40. The van der Waals surface area contributed by atoms with E-state index in [1.54, 1.807) is 7.11 Å². The van der Waals surface area contributed by atoms with E-state index in [0.29, 0.717) is 13.0 Å². The number of aliphatic carboxylic acids is 1. The molecule has 1 aliphatic heterocycles. The Hall–Kier alpha value is -2.53. The predicted octanol–water partition coefficient (Wildman–Crippen LogP) is 2.80. The summed E-state index contributed by atoms with van der Waals surface area (Å²) in [7, 11) is 1.63. The van der Waals surface area contributed by atoms with Crippen LogP contribution in [0.3, 0.4) is 0 Å². The maximum absolute atomic E-state index is 11.6. The average Bonchev–Trinajstić information content (AvgIpc) is 2.99. The molecule has 0 bridgehead atoms. The molecule has 1 heterocycles. The Morgan fingerprint density at radius 3 is 2.80 bits per heavy atom. The van der Waals surface area contributed by atoms with E-state index in [4.69, 9.17) is 9.47 Å². The molecule has 2 aromatic rings. The van der Waals surface area contributed by atoms with Crippen LogP contribution < -0.4 is 14.8 Å². The molecule has 0 fully saturated rings. The standard InChI is InChI=1S/C20H23NO4/c1-13-8-15-10-17(24-2)11-16(19(15)25-13)12-21-18(20(22)23)9-14-6-4-3-5-7-14/h3-7,10-11,13,18,21H,8-9,12H2,1-2H3,(H,22,23)/t13-,18-/m0/s1. The topological polar surface area (TPSA) is 67.8 Å². The lowest BCUT2D eigenvalue weighted by molar-refractivity contribution is -0.139. The lowest BCUT2D eigenvalue weighted by Crippen LogP contribution is -2.38. The van der Waals surface area contributed by atoms with E-state index in [9.17, 15) is 9.90 Å². The highest BCUT2D eigenvalue weighted by atomic mass is 16.5. The Balaban J connectivity index is 1.75. The van der Waals surface area contributed by atoms with E-state index < -0.39 is 12.0 Å². The first-order chi connectivity index (χ1) is 12.1. The fourth-order valence-electron chi connectivity index (χ4n) is 3.16. The van der Waals surface area contributed by atoms with Gasteiger partial charge in [0.2, 0.25) is 0 Å². The van der Waals surface area contributed by atoms with Gasteiger partial charge in [0.25, 0.3) is 0 Å². The molecule has 0 amide bonds. The number of hydrogen-bond acceptors (Lipinski definition) is 4. The maximum Gasteiger partial charge on any atom is 0.321 e. The molecule has 0 saturated carbocycles. The first-order valence-corrected chi connectivity index (χ1v) is 8.43. The van der Waals surface area contributed by atoms with E-state index in [1.165, 1.54) is 0 Å². The van der Waals surface area contributed by atoms with Crippen molar-refractivity contribution in [2.75, 3.05) is 7.11 Å². The van der Waals surface area contributed by atoms with Crippen LogP contribution >= 0.6 is 0 Å². The smallest absolute Gasteiger partial charge is 0.321 e. The second-order valence-corrected chi connectivity index (χ2v) is 6.37. The molecule has 25 heavy (non-hydrogen) atoms. The van der Waals surface area contributed by atoms with Crippen LogP contribution in [0.2, 0.25) is 0 Å². The Morgan fingerprint density at radius 2 is 2.12 bits per heavy atom. The van der Waals surface area contributed by atoms with Crippen LogP contribution in [0.1, 0.15) is 23.6 Å². The first kappa shape index (κ1) is 17.3. The summed E-state index contributed by atoms with van der Waals surface area (Å²) in [6.45, 7) is 2.44. The zero-order valence-corrected chi connectivity index (χ0v) is 14.5. The summed E-state index contributed by atoms with van der Waals surface area (Å²) in [6.07, 6.45) is 1.39. The molecular formula is C20H23NO4. The van der Waals surface area contributed by atoms with Gasteiger partial charge in [-0.1, -0.05) is 30.3 Å². The summed E-state index contributed by atoms with van der Waals surface area (Å²) in [5.74, 6) is 0.755. The molecule has 0 aliphatic carbocycles. The van der Waals surface area contributed by atoms with Gasteiger partial charge < -0.3 is 14.6 Å². The third kappa shape index (κ3) is 4.12. The summed E-state index contributed by atoms with van der Waals surface area (Å²) in [6, 6.07) is 12.9. The molecule has 0 saturated heterocycles. The van der Waals surface area contributed by atoms with Gasteiger partial charge in [0, 0.05) is 24.1 Å². The van der Waals surface area contributed by atoms with Crippen LogP contribution in [0.4, 0.5) is 0 Å². The average molecular weight is 341 g/mol. The van der Waals surface area contributed by atoms with E-state index in [2.05, 4.69) is 5.32 Å². The molecule has 0 unspecified atom stereocenters. The zero-order valence-electron chi connectivity index (χ0n) is 14.5. The zero-order chi connectivity index (χ0) is 17.8. The quantitative estimate of drug-likeness (QED) is 0.810. The van der Waals surface area contributed by atoms with Crippen LogP contribution in [0.15, 0.2) is 42.5 Å². The normalized spacial score (nSPS) is 16.8. The second-order valence-electron chi connectivity index (χ2n) is 6.37. The van der Waals surface area contributed by atoms with Gasteiger partial charge in [-0.3, -0.25) is 10.1 Å². The summed E-state index contributed by atoms with van der Waals surface area (Å²) in [4.78, 5) is 11.6. The van der Waals surface area contributed by atoms with E-state index in [0.717, 1.165) is 34.6 Å². The molecule has 5 nitrogen and oxygen atoms in total. The van der Waals surface area contributed by atoms with Crippen molar-refractivity contribution < 1.29 is 19.4 Å². The van der Waals surface area contributed by atoms with E-state index in [1.807, 2.05) is 49.4 Å². The molecule has 0 spiro atoms. The minimum Gasteiger partial charge on any atom is -0.497 e. The van der Waals surface area contributed by atoms with Crippen LogP contribution in [0, 0.1) is 0 Å². The summed E-state index contributed by atoms with van der Waals surface area (Å²) < 4.78 is 11.3. The molecule has 132 valence electrons. The molecule has 2 aromatic carbocycles. The Labute approximate surface area is 147 Å². The molecule has 3 rings (SSSR count). The van der Waals surface area contributed by atoms with Gasteiger partial charge in [-0.25, -0.2) is 0 Å². The number of hydrogen-bond donors (Lipinski definition) is 2. The van der Waals surface area contributed by atoms with Crippen molar-refractivity contribution in [1.82, 2.24) is 5.32 Å². The van der Waals surface area contributed by atoms with Crippen molar-refractivity contribution in [1.29, 1.82) is 0 Å². The minimum absolute atomic E-state index is 0.125.